The van der Waals surface area contributed by atoms with Crippen LogP contribution in [0.5, 0.6) is 0 Å². The Morgan fingerprint density at radius 3 is 1.11 bits per heavy atom. The van der Waals surface area contributed by atoms with Crippen molar-refractivity contribution in [1.82, 2.24) is 0 Å². The number of hydrogen-bond donors (Lipinski definition) is 4. The van der Waals surface area contributed by atoms with Gasteiger partial charge in [-0.1, -0.05) is 0 Å². The molecule has 9 heavy (non-hydrogen) atoms. The van der Waals surface area contributed by atoms with Crippen LogP contribution in [0.4, 0.5) is 0 Å². The summed E-state index contributed by atoms with van der Waals surface area (Å²) in [6, 6.07) is 0. The molecule has 0 unspecified atom stereocenters. The molecule has 0 aromatic rings. The van der Waals surface area contributed by atoms with E-state index in [1.807, 2.05) is 0 Å². The minimum atomic E-state index is -5.12. The average molecular weight is 262 g/mol. The Labute approximate surface area is 61.2 Å². The monoisotopic (exact) mass is 261 g/mol. The Morgan fingerprint density at radius 1 is 1.11 bits per heavy atom. The Balaban J connectivity index is 0. The molecule has 0 aromatic heterocycles. The van der Waals surface area contributed by atoms with Crippen LogP contribution in [0.2, 0.25) is 0 Å². The van der Waals surface area contributed by atoms with Crippen molar-refractivity contribution in [1.29, 1.82) is 0 Å². The Kier molecular flexibility index (Phi) is 7.44. The maximum absolute atomic E-state index is 8.84. The molecule has 0 saturated carbocycles. The molecule has 9 heteroatoms. The third-order valence-electron chi connectivity index (χ3n) is 0. The van der Waals surface area contributed by atoms with Crippen LogP contribution in [0, 0.1) is 0 Å². The van der Waals surface area contributed by atoms with Crippen molar-refractivity contribution >= 4 is 0 Å². The predicted octanol–water partition coefficient (Wildman–Crippen LogP) is -2.59. The van der Waals surface area contributed by atoms with Crippen molar-refractivity contribution in [2.24, 2.45) is 0 Å². The summed E-state index contributed by atoms with van der Waals surface area (Å²) in [5.41, 5.74) is 0. The average Bonchev–Trinajstić information content (AvgIpc) is 1.19. The Hall–Kier alpha value is 0.643. The van der Waals surface area contributed by atoms with Crippen LogP contribution in [0.15, 0.2) is 0 Å². The van der Waals surface area contributed by atoms with Gasteiger partial charge in [-0.3, -0.25) is 0 Å². The van der Waals surface area contributed by atoms with Crippen LogP contribution >= 0.6 is 0 Å². The van der Waals surface area contributed by atoms with Crippen molar-refractivity contribution in [3.8, 4) is 0 Å². The van der Waals surface area contributed by atoms with Crippen LogP contribution in [-0.4, -0.2) is 14.7 Å². The zero-order valence-electron chi connectivity index (χ0n) is 3.89. The van der Waals surface area contributed by atoms with Crippen molar-refractivity contribution in [3.05, 3.63) is 0 Å². The van der Waals surface area contributed by atoms with Gasteiger partial charge in [0.1, 0.15) is 0 Å². The summed E-state index contributed by atoms with van der Waals surface area (Å²) in [5, 5.41) is 0. The van der Waals surface area contributed by atoms with Gasteiger partial charge in [0.25, 0.3) is 0 Å². The van der Waals surface area contributed by atoms with Gasteiger partial charge in [-0.2, -0.15) is 0 Å². The van der Waals surface area contributed by atoms with E-state index in [1.165, 1.54) is 0 Å². The van der Waals surface area contributed by atoms with Crippen molar-refractivity contribution in [3.63, 3.8) is 0 Å². The summed E-state index contributed by atoms with van der Waals surface area (Å²) in [5.74, 6) is 0. The van der Waals surface area contributed by atoms with E-state index in [4.69, 9.17) is 25.2 Å². The first-order valence-electron chi connectivity index (χ1n) is 1.30. The quantitative estimate of drug-likeness (QED) is 0.352. The third-order valence-corrected chi connectivity index (χ3v) is 0. The number of rotatable bonds is 0. The fourth-order valence-electron chi connectivity index (χ4n) is 0. The normalized spacial score (nSPS) is 9.33. The molecule has 0 aliphatic rings. The van der Waals surface area contributed by atoms with Crippen LogP contribution in [-0.2, 0) is 46.5 Å². The van der Waals surface area contributed by atoms with Gasteiger partial charge in [0.15, 0.2) is 0 Å². The molecule has 0 aliphatic carbocycles. The third kappa shape index (κ3) is 924. The van der Waals surface area contributed by atoms with Gasteiger partial charge >= 0.3 is 61.2 Å². The second-order valence-corrected chi connectivity index (χ2v) is 3.38. The topological polar surface area (TPSA) is 132 Å². The van der Waals surface area contributed by atoms with Gasteiger partial charge in [-0.15, -0.1) is 0 Å². The molecule has 0 amide bonds. The van der Waals surface area contributed by atoms with Crippen LogP contribution < -0.4 is 0 Å². The fraction of sp³-hybridized carbons (Fsp3) is 0. The first kappa shape index (κ1) is 12.3. The van der Waals surface area contributed by atoms with E-state index in [0.29, 0.717) is 0 Å². The number of hydrogen-bond acceptors (Lipinski definition) is 3. The van der Waals surface area contributed by atoms with Crippen LogP contribution in [0.25, 0.3) is 0 Å². The van der Waals surface area contributed by atoms with Gasteiger partial charge in [-0.25, -0.2) is 0 Å². The minimum absolute atomic E-state index is 3.79. The molecule has 0 rings (SSSR count). The summed E-state index contributed by atoms with van der Waals surface area (Å²) >= 11 is -8.92. The van der Waals surface area contributed by atoms with E-state index >= 15 is 0 Å². The van der Waals surface area contributed by atoms with Crippen LogP contribution in [0.3, 0.4) is 0 Å². The molecular formula is H4MnO7Zr. The summed E-state index contributed by atoms with van der Waals surface area (Å²) in [4.78, 5) is 0. The molecule has 0 atom stereocenters. The molecule has 57 valence electrons. The first-order chi connectivity index (χ1) is 3.73. The van der Waals surface area contributed by atoms with Crippen LogP contribution in [0.1, 0.15) is 0 Å². The van der Waals surface area contributed by atoms with Gasteiger partial charge in [-0.05, 0) is 0 Å². The Morgan fingerprint density at radius 2 is 1.11 bits per heavy atom. The molecule has 0 heterocycles. The summed E-state index contributed by atoms with van der Waals surface area (Å²) in [6.45, 7) is 0. The zero-order chi connectivity index (χ0) is 8.08. The van der Waals surface area contributed by atoms with Gasteiger partial charge in [0.2, 0.25) is 0 Å². The summed E-state index contributed by atoms with van der Waals surface area (Å²) < 4.78 is 55.2. The van der Waals surface area contributed by atoms with E-state index in [0.717, 1.165) is 0 Å². The van der Waals surface area contributed by atoms with Gasteiger partial charge < -0.3 is 0 Å². The predicted molar refractivity (Wildman–Crippen MR) is 10.9 cm³/mol. The molecule has 0 spiro atoms. The second kappa shape index (κ2) is 5.43. The van der Waals surface area contributed by atoms with E-state index in [2.05, 4.69) is 0 Å². The first-order valence-corrected chi connectivity index (χ1v) is 6.52. The van der Waals surface area contributed by atoms with E-state index in [-0.39, 0.29) is 0 Å². The molecule has 0 aromatic carbocycles. The standard InChI is InChI=1S/Mn.4H2O.3O.Zr/h;4*1H2;;;;/q+2;;;;;;;;+2/p-4. The van der Waals surface area contributed by atoms with Crippen molar-refractivity contribution in [2.45, 2.75) is 0 Å². The maximum atomic E-state index is 8.84. The van der Waals surface area contributed by atoms with Gasteiger partial charge in [0, 0.05) is 0 Å². The molecule has 0 radical (unpaired) electrons. The van der Waals surface area contributed by atoms with E-state index < -0.39 is 36.0 Å². The summed E-state index contributed by atoms with van der Waals surface area (Å²) in [7, 11) is 0. The summed E-state index contributed by atoms with van der Waals surface area (Å²) in [6.07, 6.45) is 0. The van der Waals surface area contributed by atoms with Gasteiger partial charge in [0.05, 0.1) is 0 Å². The Bertz CT molecular complexity index is 151. The molecule has 7 nitrogen and oxygen atoms in total. The molecule has 0 bridgehead atoms. The molecule has 0 fully saturated rings. The molecule has 4 N–H and O–H groups in total. The van der Waals surface area contributed by atoms with E-state index in [1.54, 1.807) is 0 Å². The molecular weight excluding hydrogens is 258 g/mol. The van der Waals surface area contributed by atoms with Crippen molar-refractivity contribution in [2.75, 3.05) is 0 Å². The molecule has 0 saturated heterocycles. The SMILES string of the molecule is [O]=[Mn](=[O])([OH])[OH].[O]=[Zr]([OH])[OH]. The second-order valence-electron chi connectivity index (χ2n) is 0.697. The van der Waals surface area contributed by atoms with E-state index in [9.17, 15) is 0 Å². The van der Waals surface area contributed by atoms with Crippen molar-refractivity contribution < 1.29 is 61.2 Å². The zero-order valence-corrected chi connectivity index (χ0v) is 7.53. The molecule has 0 aliphatic heterocycles. The fourth-order valence-corrected chi connectivity index (χ4v) is 0.